The Kier molecular flexibility index (Phi) is 13.4. The Bertz CT molecular complexity index is 310. The Balaban J connectivity index is 0. The fraction of sp³-hybridized carbons (Fsp3) is 0.417. The van der Waals surface area contributed by atoms with Gasteiger partial charge in [-0.05, 0) is 20.4 Å². The third-order valence-corrected chi connectivity index (χ3v) is 2.54. The van der Waals surface area contributed by atoms with Crippen LogP contribution in [0.4, 0.5) is 0 Å². The predicted molar refractivity (Wildman–Crippen MR) is 73.4 cm³/mol. The van der Waals surface area contributed by atoms with Crippen molar-refractivity contribution in [2.75, 3.05) is 13.2 Å². The average molecular weight is 275 g/mol. The molecule has 1 rings (SSSR count). The molecule has 0 saturated carbocycles. The minimum Gasteiger partial charge on any atom is -0.333 e. The summed E-state index contributed by atoms with van der Waals surface area (Å²) in [4.78, 5) is 26.9. The van der Waals surface area contributed by atoms with E-state index >= 15 is 0 Å². The maximum absolute atomic E-state index is 10.3. The summed E-state index contributed by atoms with van der Waals surface area (Å²) in [7, 11) is -2.37. The topological polar surface area (TPSA) is 101 Å². The summed E-state index contributed by atoms with van der Waals surface area (Å²) in [6.07, 6.45) is 0.345. The molecule has 104 valence electrons. The van der Waals surface area contributed by atoms with Crippen LogP contribution in [0.25, 0.3) is 0 Å². The van der Waals surface area contributed by atoms with E-state index in [1.165, 1.54) is 14.0 Å². The highest BCUT2D eigenvalue weighted by Crippen LogP contribution is 2.35. The lowest BCUT2D eigenvalue weighted by Crippen LogP contribution is -1.93. The molecular weight excluding hydrogens is 253 g/mol. The van der Waals surface area contributed by atoms with E-state index in [2.05, 4.69) is 5.73 Å². The van der Waals surface area contributed by atoms with Crippen molar-refractivity contribution in [3.8, 4) is 0 Å². The van der Waals surface area contributed by atoms with Crippen molar-refractivity contribution in [3.63, 3.8) is 0 Å². The van der Waals surface area contributed by atoms with Crippen LogP contribution in [0.1, 0.15) is 19.8 Å². The highest BCUT2D eigenvalue weighted by Gasteiger charge is 2.11. The maximum Gasteiger partial charge on any atom is 0.325 e. The molecule has 18 heavy (non-hydrogen) atoms. The maximum atomic E-state index is 10.3. The Morgan fingerprint density at radius 1 is 1.06 bits per heavy atom. The van der Waals surface area contributed by atoms with Gasteiger partial charge >= 0.3 is 7.60 Å². The molecule has 0 saturated heterocycles. The first-order chi connectivity index (χ1) is 8.42. The molecule has 0 bridgehead atoms. The van der Waals surface area contributed by atoms with E-state index in [4.69, 9.17) is 9.79 Å². The summed E-state index contributed by atoms with van der Waals surface area (Å²) in [5, 5.41) is 0. The summed E-state index contributed by atoms with van der Waals surface area (Å²) in [6, 6.07) is 12.0. The molecule has 0 spiro atoms. The van der Waals surface area contributed by atoms with Gasteiger partial charge in [-0.1, -0.05) is 36.4 Å². The normalized spacial score (nSPS) is 9.39. The monoisotopic (exact) mass is 275 g/mol. The number of carbonyl (C=O) groups excluding carboxylic acids is 1. The number of hydrogen-bond acceptors (Lipinski definition) is 3. The number of nitrogens with two attached hydrogens (primary N) is 1. The van der Waals surface area contributed by atoms with Crippen LogP contribution in [0.5, 0.6) is 0 Å². The zero-order chi connectivity index (χ0) is 14.4. The van der Waals surface area contributed by atoms with E-state index in [0.29, 0.717) is 0 Å². The minimum absolute atomic E-state index is 0.0338. The van der Waals surface area contributed by atoms with Crippen molar-refractivity contribution in [2.45, 2.75) is 19.8 Å². The summed E-state index contributed by atoms with van der Waals surface area (Å²) in [5.74, 6) is -0.0338. The van der Waals surface area contributed by atoms with Crippen LogP contribution in [0.3, 0.4) is 0 Å². The SMILES string of the molecule is CC(=O)CCCP(=O)(O)O.CN.c1ccccc1. The molecule has 0 aromatic heterocycles. The molecule has 0 aliphatic carbocycles. The second-order valence-corrected chi connectivity index (χ2v) is 5.13. The number of hydrogen-bond donors (Lipinski definition) is 3. The average Bonchev–Trinajstić information content (AvgIpc) is 2.32. The highest BCUT2D eigenvalue weighted by molar-refractivity contribution is 7.51. The predicted octanol–water partition coefficient (Wildman–Crippen LogP) is 1.79. The van der Waals surface area contributed by atoms with Crippen LogP contribution in [-0.2, 0) is 9.36 Å². The standard InChI is InChI=1S/C6H6.C5H11O4P.CH5N/c1-2-4-6-5-3-1;1-5(6)3-2-4-10(7,8)9;1-2/h1-6H;2-4H2,1H3,(H2,7,8,9);2H2,1H3. The Hall–Kier alpha value is -1.00. The van der Waals surface area contributed by atoms with Crippen LogP contribution < -0.4 is 5.73 Å². The van der Waals surface area contributed by atoms with E-state index < -0.39 is 7.60 Å². The molecule has 1 aromatic rings. The molecule has 0 radical (unpaired) electrons. The third-order valence-electron chi connectivity index (χ3n) is 1.64. The van der Waals surface area contributed by atoms with Gasteiger partial charge in [0.1, 0.15) is 5.78 Å². The van der Waals surface area contributed by atoms with E-state index in [1.807, 2.05) is 36.4 Å². The Morgan fingerprint density at radius 3 is 1.61 bits per heavy atom. The van der Waals surface area contributed by atoms with Crippen molar-refractivity contribution < 1.29 is 19.1 Å². The van der Waals surface area contributed by atoms with Crippen molar-refractivity contribution in [1.29, 1.82) is 0 Å². The third kappa shape index (κ3) is 20.4. The van der Waals surface area contributed by atoms with Crippen LogP contribution >= 0.6 is 7.60 Å². The molecule has 0 atom stereocenters. The number of benzene rings is 1. The van der Waals surface area contributed by atoms with E-state index in [-0.39, 0.29) is 24.8 Å². The van der Waals surface area contributed by atoms with Crippen molar-refractivity contribution in [1.82, 2.24) is 0 Å². The minimum atomic E-state index is -3.87. The largest absolute Gasteiger partial charge is 0.333 e. The van der Waals surface area contributed by atoms with Gasteiger partial charge in [-0.2, -0.15) is 0 Å². The number of carbonyl (C=O) groups is 1. The number of Topliss-reactive ketones (excluding diaryl/α,β-unsaturated/α-hetero) is 1. The lowest BCUT2D eigenvalue weighted by molar-refractivity contribution is -0.117. The van der Waals surface area contributed by atoms with Gasteiger partial charge < -0.3 is 20.3 Å². The van der Waals surface area contributed by atoms with Gasteiger partial charge in [0.05, 0.1) is 6.16 Å². The molecule has 1 aromatic carbocycles. The van der Waals surface area contributed by atoms with Crippen LogP contribution in [-0.4, -0.2) is 28.8 Å². The molecule has 0 aliphatic rings. The second kappa shape index (κ2) is 12.5. The van der Waals surface area contributed by atoms with Crippen molar-refractivity contribution in [3.05, 3.63) is 36.4 Å². The molecule has 4 N–H and O–H groups in total. The first-order valence-corrected chi connectivity index (χ1v) is 7.33. The molecule has 0 unspecified atom stereocenters. The van der Waals surface area contributed by atoms with E-state index in [1.54, 1.807) is 0 Å². The quantitative estimate of drug-likeness (QED) is 0.727. The lowest BCUT2D eigenvalue weighted by atomic mass is 10.3. The molecule has 6 heteroatoms. The van der Waals surface area contributed by atoms with Crippen molar-refractivity contribution >= 4 is 13.4 Å². The molecule has 0 fully saturated rings. The van der Waals surface area contributed by atoms with Gasteiger partial charge in [0.15, 0.2) is 0 Å². The smallest absolute Gasteiger partial charge is 0.325 e. The van der Waals surface area contributed by atoms with Gasteiger partial charge in [-0.15, -0.1) is 0 Å². The summed E-state index contributed by atoms with van der Waals surface area (Å²) in [6.45, 7) is 1.40. The first kappa shape index (κ1) is 19.3. The first-order valence-electron chi connectivity index (χ1n) is 5.53. The van der Waals surface area contributed by atoms with Gasteiger partial charge in [0, 0.05) is 6.42 Å². The van der Waals surface area contributed by atoms with Gasteiger partial charge in [-0.3, -0.25) is 4.57 Å². The number of ketones is 1. The lowest BCUT2D eigenvalue weighted by Gasteiger charge is -2.00. The van der Waals surface area contributed by atoms with Crippen LogP contribution in [0, 0.1) is 0 Å². The number of rotatable bonds is 4. The fourth-order valence-electron chi connectivity index (χ4n) is 0.919. The molecule has 0 aliphatic heterocycles. The Morgan fingerprint density at radius 2 is 1.39 bits per heavy atom. The zero-order valence-corrected chi connectivity index (χ0v) is 11.7. The van der Waals surface area contributed by atoms with E-state index in [9.17, 15) is 9.36 Å². The summed E-state index contributed by atoms with van der Waals surface area (Å²) < 4.78 is 10.2. The van der Waals surface area contributed by atoms with Crippen molar-refractivity contribution in [2.24, 2.45) is 5.73 Å². The summed E-state index contributed by atoms with van der Waals surface area (Å²) in [5.41, 5.74) is 4.50. The Labute approximate surface area is 108 Å². The fourth-order valence-corrected chi connectivity index (χ4v) is 1.49. The zero-order valence-electron chi connectivity index (χ0n) is 10.8. The second-order valence-electron chi connectivity index (χ2n) is 3.35. The van der Waals surface area contributed by atoms with Gasteiger partial charge in [0.2, 0.25) is 0 Å². The molecule has 0 amide bonds. The van der Waals surface area contributed by atoms with Gasteiger partial charge in [-0.25, -0.2) is 0 Å². The van der Waals surface area contributed by atoms with E-state index in [0.717, 1.165) is 0 Å². The van der Waals surface area contributed by atoms with Crippen LogP contribution in [0.15, 0.2) is 36.4 Å². The summed E-state index contributed by atoms with van der Waals surface area (Å²) >= 11 is 0. The molecule has 0 heterocycles. The highest BCUT2D eigenvalue weighted by atomic mass is 31.2. The van der Waals surface area contributed by atoms with Gasteiger partial charge in [0.25, 0.3) is 0 Å². The molecule has 5 nitrogen and oxygen atoms in total. The molecular formula is C12H22NO4P. The van der Waals surface area contributed by atoms with Crippen LogP contribution in [0.2, 0.25) is 0 Å².